The largest absolute Gasteiger partial charge is 0.481 e. The van der Waals surface area contributed by atoms with Crippen molar-refractivity contribution in [2.45, 2.75) is 39.5 Å². The number of carbonyl (C=O) groups excluding carboxylic acids is 2. The minimum Gasteiger partial charge on any atom is -0.481 e. The first-order valence-electron chi connectivity index (χ1n) is 24.3. The first kappa shape index (κ1) is 57.9. The molecule has 1 aromatic carbocycles. The molecule has 3 N–H and O–H groups in total. The van der Waals surface area contributed by atoms with Gasteiger partial charge in [-0.3, -0.25) is 19.2 Å². The molecule has 0 saturated carbocycles. The molecule has 2 aliphatic rings. The number of nitrogens with zero attached hydrogens (tertiary/aromatic N) is 6. The Morgan fingerprint density at radius 2 is 1.09 bits per heavy atom. The number of amides is 2. The molecule has 392 valence electrons. The van der Waals surface area contributed by atoms with Gasteiger partial charge in [0.2, 0.25) is 11.9 Å². The number of aliphatic carboxylic acids is 1. The highest BCUT2D eigenvalue weighted by atomic mass is 16.7. The van der Waals surface area contributed by atoms with Crippen LogP contribution in [0.5, 0.6) is 0 Å². The van der Waals surface area contributed by atoms with E-state index >= 15 is 0 Å². The highest BCUT2D eigenvalue weighted by Gasteiger charge is 2.24. The predicted molar refractivity (Wildman–Crippen MR) is 259 cm³/mol. The zero-order valence-electron chi connectivity index (χ0n) is 41.1. The summed E-state index contributed by atoms with van der Waals surface area (Å²) in [5.74, 6) is -0.0978. The summed E-state index contributed by atoms with van der Waals surface area (Å²) in [6, 6.07) is 5.80. The van der Waals surface area contributed by atoms with Crippen LogP contribution in [0.15, 0.2) is 41.2 Å². The maximum Gasteiger partial charge on any atom is 0.305 e. The van der Waals surface area contributed by atoms with Crippen LogP contribution >= 0.6 is 0 Å². The quantitative estimate of drug-likeness (QED) is 0.0720. The number of piperazine rings is 1. The number of aliphatic imine (C=N–C) groups is 1. The van der Waals surface area contributed by atoms with E-state index in [1.54, 1.807) is 12.4 Å². The van der Waals surface area contributed by atoms with Crippen molar-refractivity contribution < 1.29 is 71.7 Å². The van der Waals surface area contributed by atoms with Crippen LogP contribution in [0.3, 0.4) is 0 Å². The van der Waals surface area contributed by atoms with E-state index < -0.39 is 5.97 Å². The molecule has 22 nitrogen and oxygen atoms in total. The van der Waals surface area contributed by atoms with Crippen LogP contribution in [0.25, 0.3) is 17.2 Å². The van der Waals surface area contributed by atoms with Crippen molar-refractivity contribution in [1.29, 1.82) is 0 Å². The number of hydrogen-bond donors (Lipinski definition) is 2. The topological polar surface area (TPSA) is 247 Å². The van der Waals surface area contributed by atoms with Crippen molar-refractivity contribution >= 4 is 41.3 Å². The molecule has 2 amide bonds. The Kier molecular flexibility index (Phi) is 30.0. The van der Waals surface area contributed by atoms with Crippen molar-refractivity contribution in [3.05, 3.63) is 41.7 Å². The third-order valence-corrected chi connectivity index (χ3v) is 10.4. The van der Waals surface area contributed by atoms with Crippen LogP contribution in [0.1, 0.15) is 45.1 Å². The van der Waals surface area contributed by atoms with Gasteiger partial charge in [0.25, 0.3) is 5.91 Å². The molecule has 0 bridgehead atoms. The van der Waals surface area contributed by atoms with E-state index in [-0.39, 0.29) is 31.3 Å². The van der Waals surface area contributed by atoms with E-state index in [0.29, 0.717) is 194 Å². The Balaban J connectivity index is 0.916. The van der Waals surface area contributed by atoms with E-state index in [0.717, 1.165) is 23.1 Å². The summed E-state index contributed by atoms with van der Waals surface area (Å²) < 4.78 is 54.6. The van der Waals surface area contributed by atoms with Gasteiger partial charge in [0, 0.05) is 68.2 Å². The Morgan fingerprint density at radius 1 is 0.629 bits per heavy atom. The van der Waals surface area contributed by atoms with E-state index in [9.17, 15) is 14.4 Å². The molecular formula is C48H75N7O15. The molecule has 2 aliphatic heterocycles. The summed E-state index contributed by atoms with van der Waals surface area (Å²) in [4.78, 5) is 59.9. The molecule has 1 fully saturated rings. The SMILES string of the molecule is CCCN(OCC)C(=O)C1=Cc2ccc(-c3cnc(N4CCN(C(=O)CCOCCOCCOCCOCCOCCOCCOCCOCCOCCOCCC(=O)O)CC4)nc3)cc2N=C(N)C1. The molecule has 0 unspecified atom stereocenters. The van der Waals surface area contributed by atoms with Gasteiger partial charge in [-0.15, -0.1) is 0 Å². The molecule has 70 heavy (non-hydrogen) atoms. The van der Waals surface area contributed by atoms with Crippen LogP contribution in [0.2, 0.25) is 0 Å². The monoisotopic (exact) mass is 990 g/mol. The summed E-state index contributed by atoms with van der Waals surface area (Å²) in [7, 11) is 0. The lowest BCUT2D eigenvalue weighted by Crippen LogP contribution is -2.49. The molecule has 3 heterocycles. The number of carboxylic acid groups (broad SMARTS) is 1. The third kappa shape index (κ3) is 23.9. The van der Waals surface area contributed by atoms with Crippen molar-refractivity contribution in [3.8, 4) is 11.1 Å². The molecule has 0 spiro atoms. The van der Waals surface area contributed by atoms with Crippen LogP contribution < -0.4 is 10.6 Å². The number of anilines is 1. The van der Waals surface area contributed by atoms with Crippen LogP contribution in [-0.4, -0.2) is 220 Å². The van der Waals surface area contributed by atoms with Gasteiger partial charge in [-0.2, -0.15) is 0 Å². The van der Waals surface area contributed by atoms with Crippen molar-refractivity contribution in [1.82, 2.24) is 19.9 Å². The van der Waals surface area contributed by atoms with E-state index in [1.165, 1.54) is 5.06 Å². The number of carboxylic acids is 1. The third-order valence-electron chi connectivity index (χ3n) is 10.4. The average Bonchev–Trinajstić information content (AvgIpc) is 3.53. The van der Waals surface area contributed by atoms with Crippen molar-refractivity contribution in [2.24, 2.45) is 10.7 Å². The summed E-state index contributed by atoms with van der Waals surface area (Å²) >= 11 is 0. The second-order valence-corrected chi connectivity index (χ2v) is 15.7. The number of hydroxylamine groups is 2. The standard InChI is InChI=1S/C48H75N7O15/c1-3-9-55(70-4-2)47(59)41-34-40-6-5-39(35-43(40)52-44(49)36-41)42-37-50-48(51-38-42)54-12-10-53(11-13-54)45(56)7-14-60-16-18-62-20-22-64-24-26-66-28-30-68-32-33-69-31-29-67-27-25-65-23-21-63-19-17-61-15-8-46(57)58/h5-6,34-35,37-38H,3-4,7-33,36H2,1-2H3,(H2,49,52)(H,57,58). The van der Waals surface area contributed by atoms with Gasteiger partial charge in [-0.05, 0) is 31.1 Å². The van der Waals surface area contributed by atoms with Gasteiger partial charge in [-0.25, -0.2) is 20.0 Å². The number of carbonyl (C=O) groups is 3. The number of fused-ring (bicyclic) bond motifs is 1. The van der Waals surface area contributed by atoms with Gasteiger partial charge in [0.15, 0.2) is 0 Å². The first-order chi connectivity index (χ1) is 34.3. The fourth-order valence-electron chi connectivity index (χ4n) is 6.80. The van der Waals surface area contributed by atoms with Crippen LogP contribution in [0.4, 0.5) is 11.6 Å². The maximum absolute atomic E-state index is 13.2. The molecule has 2 aromatic rings. The molecule has 0 atom stereocenters. The fraction of sp³-hybridized carbons (Fsp3) is 0.667. The zero-order chi connectivity index (χ0) is 49.9. The highest BCUT2D eigenvalue weighted by molar-refractivity contribution is 6.05. The number of aromatic nitrogens is 2. The molecule has 4 rings (SSSR count). The Hall–Kier alpha value is -4.72. The number of nitrogens with two attached hydrogens (primary N) is 1. The first-order valence-corrected chi connectivity index (χ1v) is 24.3. The molecular weight excluding hydrogens is 915 g/mol. The molecule has 22 heteroatoms. The molecule has 0 aliphatic carbocycles. The summed E-state index contributed by atoms with van der Waals surface area (Å²) in [5.41, 5.74) is 9.93. The lowest BCUT2D eigenvalue weighted by atomic mass is 10.0. The Bertz CT molecular complexity index is 1830. The van der Waals surface area contributed by atoms with Gasteiger partial charge >= 0.3 is 5.97 Å². The van der Waals surface area contributed by atoms with Crippen LogP contribution in [0, 0.1) is 0 Å². The van der Waals surface area contributed by atoms with Gasteiger partial charge in [-0.1, -0.05) is 19.1 Å². The van der Waals surface area contributed by atoms with Gasteiger partial charge in [0.05, 0.1) is 157 Å². The van der Waals surface area contributed by atoms with Gasteiger partial charge < -0.3 is 68.0 Å². The number of benzene rings is 1. The number of rotatable bonds is 40. The molecule has 1 aromatic heterocycles. The predicted octanol–water partition coefficient (Wildman–Crippen LogP) is 2.79. The Labute approximate surface area is 411 Å². The van der Waals surface area contributed by atoms with E-state index in [2.05, 4.69) is 19.9 Å². The number of amidine groups is 1. The minimum absolute atomic E-state index is 0.0128. The lowest BCUT2D eigenvalue weighted by molar-refractivity contribution is -0.180. The maximum atomic E-state index is 13.2. The average molecular weight is 990 g/mol. The normalized spacial score (nSPS) is 13.7. The van der Waals surface area contributed by atoms with E-state index in [1.807, 2.05) is 43.0 Å². The fourth-order valence-corrected chi connectivity index (χ4v) is 6.80. The highest BCUT2D eigenvalue weighted by Crippen LogP contribution is 2.32. The smallest absolute Gasteiger partial charge is 0.305 e. The number of ether oxygens (including phenoxy) is 10. The second kappa shape index (κ2) is 36.2. The molecule has 1 saturated heterocycles. The molecule has 0 radical (unpaired) electrons. The summed E-state index contributed by atoms with van der Waals surface area (Å²) in [6.45, 7) is 15.5. The van der Waals surface area contributed by atoms with E-state index in [4.69, 9.17) is 63.0 Å². The van der Waals surface area contributed by atoms with Crippen LogP contribution in [-0.2, 0) is 66.6 Å². The lowest BCUT2D eigenvalue weighted by Gasteiger charge is -2.34. The van der Waals surface area contributed by atoms with Crippen molar-refractivity contribution in [3.63, 3.8) is 0 Å². The number of hydrogen-bond acceptors (Lipinski definition) is 19. The second-order valence-electron chi connectivity index (χ2n) is 15.7. The minimum atomic E-state index is -0.882. The summed E-state index contributed by atoms with van der Waals surface area (Å²) in [6.07, 6.45) is 6.68. The zero-order valence-corrected chi connectivity index (χ0v) is 41.1. The van der Waals surface area contributed by atoms with Crippen molar-refractivity contribution in [2.75, 3.05) is 176 Å². The Morgan fingerprint density at radius 3 is 1.53 bits per heavy atom. The van der Waals surface area contributed by atoms with Gasteiger partial charge in [0.1, 0.15) is 5.84 Å². The summed E-state index contributed by atoms with van der Waals surface area (Å²) in [5, 5.41) is 9.92.